The smallest absolute Gasteiger partial charge is 0.307 e. The van der Waals surface area contributed by atoms with Crippen LogP contribution in [0.4, 0.5) is 0 Å². The van der Waals surface area contributed by atoms with E-state index in [1.54, 1.807) is 11.8 Å². The first-order chi connectivity index (χ1) is 9.55. The van der Waals surface area contributed by atoms with Crippen molar-refractivity contribution in [1.29, 1.82) is 0 Å². The van der Waals surface area contributed by atoms with Crippen LogP contribution in [-0.2, 0) is 14.3 Å². The summed E-state index contributed by atoms with van der Waals surface area (Å²) in [5.74, 6) is -0.319. The van der Waals surface area contributed by atoms with Gasteiger partial charge in [0.1, 0.15) is 0 Å². The molecule has 118 valence electrons. The number of aliphatic hydroxyl groups is 1. The summed E-state index contributed by atoms with van der Waals surface area (Å²) < 4.78 is 4.89. The second kappa shape index (κ2) is 10.7. The van der Waals surface area contributed by atoms with Gasteiger partial charge in [0.05, 0.1) is 25.7 Å². The number of hydrogen-bond acceptors (Lipinski definition) is 4. The van der Waals surface area contributed by atoms with E-state index in [-0.39, 0.29) is 36.9 Å². The lowest BCUT2D eigenvalue weighted by molar-refractivity contribution is -0.145. The van der Waals surface area contributed by atoms with E-state index in [2.05, 4.69) is 0 Å². The van der Waals surface area contributed by atoms with Crippen LogP contribution in [0.25, 0.3) is 0 Å². The first-order valence-electron chi connectivity index (χ1n) is 7.62. The molecule has 0 bridgehead atoms. The van der Waals surface area contributed by atoms with Crippen LogP contribution in [0.3, 0.4) is 0 Å². The molecule has 0 aliphatic rings. The van der Waals surface area contributed by atoms with Crippen LogP contribution < -0.4 is 0 Å². The highest BCUT2D eigenvalue weighted by Crippen LogP contribution is 2.16. The monoisotopic (exact) mass is 287 g/mol. The van der Waals surface area contributed by atoms with Crippen molar-refractivity contribution in [1.82, 2.24) is 4.90 Å². The molecule has 20 heavy (non-hydrogen) atoms. The van der Waals surface area contributed by atoms with Crippen molar-refractivity contribution in [3.05, 3.63) is 0 Å². The minimum atomic E-state index is -0.303. The van der Waals surface area contributed by atoms with E-state index in [1.165, 1.54) is 0 Å². The molecule has 0 saturated heterocycles. The van der Waals surface area contributed by atoms with Gasteiger partial charge in [0.2, 0.25) is 5.91 Å². The number of esters is 1. The zero-order valence-electron chi connectivity index (χ0n) is 13.2. The molecule has 1 unspecified atom stereocenters. The lowest BCUT2D eigenvalue weighted by Gasteiger charge is -2.32. The molecule has 0 heterocycles. The summed E-state index contributed by atoms with van der Waals surface area (Å²) in [7, 11) is 0. The van der Waals surface area contributed by atoms with Gasteiger partial charge in [0.15, 0.2) is 0 Å². The molecule has 0 aromatic carbocycles. The van der Waals surface area contributed by atoms with E-state index in [1.807, 2.05) is 20.8 Å². The van der Waals surface area contributed by atoms with Gasteiger partial charge in [0.25, 0.3) is 0 Å². The maximum atomic E-state index is 12.5. The molecular weight excluding hydrogens is 258 g/mol. The summed E-state index contributed by atoms with van der Waals surface area (Å²) in [4.78, 5) is 25.6. The predicted molar refractivity (Wildman–Crippen MR) is 78.2 cm³/mol. The summed E-state index contributed by atoms with van der Waals surface area (Å²) in [6, 6.07) is -0.225. The number of hydrogen-bond donors (Lipinski definition) is 1. The molecule has 5 heteroatoms. The number of carbonyl (C=O) groups excluding carboxylic acids is 2. The molecule has 0 aromatic rings. The molecule has 1 atom stereocenters. The SMILES string of the molecule is CCOC(=O)CCN(C(=O)C(CC)CC)C(CC)CO. The third-order valence-corrected chi connectivity index (χ3v) is 3.60. The van der Waals surface area contributed by atoms with Gasteiger partial charge in [-0.3, -0.25) is 9.59 Å². The highest BCUT2D eigenvalue weighted by molar-refractivity contribution is 5.80. The third-order valence-electron chi connectivity index (χ3n) is 3.60. The van der Waals surface area contributed by atoms with Crippen molar-refractivity contribution in [2.24, 2.45) is 5.92 Å². The largest absolute Gasteiger partial charge is 0.466 e. The van der Waals surface area contributed by atoms with E-state index in [0.717, 1.165) is 12.8 Å². The molecule has 1 amide bonds. The van der Waals surface area contributed by atoms with Crippen LogP contribution >= 0.6 is 0 Å². The van der Waals surface area contributed by atoms with Gasteiger partial charge >= 0.3 is 5.97 Å². The maximum Gasteiger partial charge on any atom is 0.307 e. The molecule has 0 aliphatic heterocycles. The Morgan fingerprint density at radius 1 is 1.10 bits per heavy atom. The average Bonchev–Trinajstić information content (AvgIpc) is 2.44. The van der Waals surface area contributed by atoms with Crippen LogP contribution in [0, 0.1) is 5.92 Å². The van der Waals surface area contributed by atoms with Gasteiger partial charge in [-0.05, 0) is 26.2 Å². The second-order valence-corrected chi connectivity index (χ2v) is 4.84. The molecule has 5 nitrogen and oxygen atoms in total. The van der Waals surface area contributed by atoms with Crippen molar-refractivity contribution in [2.45, 2.75) is 59.4 Å². The van der Waals surface area contributed by atoms with Gasteiger partial charge in [0, 0.05) is 12.5 Å². The number of amides is 1. The van der Waals surface area contributed by atoms with Crippen molar-refractivity contribution in [3.8, 4) is 0 Å². The Kier molecular flexibility index (Phi) is 10.1. The van der Waals surface area contributed by atoms with E-state index >= 15 is 0 Å². The van der Waals surface area contributed by atoms with Crippen molar-refractivity contribution < 1.29 is 19.4 Å². The Labute approximate surface area is 122 Å². The normalized spacial score (nSPS) is 12.3. The highest BCUT2D eigenvalue weighted by atomic mass is 16.5. The minimum absolute atomic E-state index is 0.0280. The van der Waals surface area contributed by atoms with Crippen LogP contribution in [0.2, 0.25) is 0 Å². The van der Waals surface area contributed by atoms with Gasteiger partial charge in [-0.1, -0.05) is 20.8 Å². The zero-order chi connectivity index (χ0) is 15.5. The molecule has 0 radical (unpaired) electrons. The highest BCUT2D eigenvalue weighted by Gasteiger charge is 2.27. The lowest BCUT2D eigenvalue weighted by atomic mass is 10.00. The van der Waals surface area contributed by atoms with Gasteiger partial charge in [-0.2, -0.15) is 0 Å². The predicted octanol–water partition coefficient (Wildman–Crippen LogP) is 1.98. The maximum absolute atomic E-state index is 12.5. The summed E-state index contributed by atoms with van der Waals surface area (Å²) in [5.41, 5.74) is 0. The Hall–Kier alpha value is -1.10. The fourth-order valence-corrected chi connectivity index (χ4v) is 2.24. The van der Waals surface area contributed by atoms with Crippen molar-refractivity contribution in [3.63, 3.8) is 0 Å². The zero-order valence-corrected chi connectivity index (χ0v) is 13.2. The second-order valence-electron chi connectivity index (χ2n) is 4.84. The molecule has 0 fully saturated rings. The average molecular weight is 287 g/mol. The number of nitrogens with zero attached hydrogens (tertiary/aromatic N) is 1. The van der Waals surface area contributed by atoms with Gasteiger partial charge in [-0.15, -0.1) is 0 Å². The summed E-state index contributed by atoms with van der Waals surface area (Å²) in [6.07, 6.45) is 2.39. The number of carbonyl (C=O) groups is 2. The Morgan fingerprint density at radius 2 is 1.70 bits per heavy atom. The summed E-state index contributed by atoms with van der Waals surface area (Å²) in [6.45, 7) is 8.23. The quantitative estimate of drug-likeness (QED) is 0.624. The van der Waals surface area contributed by atoms with E-state index in [0.29, 0.717) is 19.6 Å². The van der Waals surface area contributed by atoms with Gasteiger partial charge < -0.3 is 14.7 Å². The number of aliphatic hydroxyl groups excluding tert-OH is 1. The summed E-state index contributed by atoms with van der Waals surface area (Å²) in [5, 5.41) is 9.43. The van der Waals surface area contributed by atoms with E-state index < -0.39 is 0 Å². The molecular formula is C15H29NO4. The molecule has 0 saturated carbocycles. The van der Waals surface area contributed by atoms with Crippen LogP contribution in [0.15, 0.2) is 0 Å². The molecule has 0 rings (SSSR count). The van der Waals surface area contributed by atoms with Crippen LogP contribution in [-0.4, -0.2) is 47.7 Å². The van der Waals surface area contributed by atoms with E-state index in [9.17, 15) is 14.7 Å². The minimum Gasteiger partial charge on any atom is -0.466 e. The third kappa shape index (κ3) is 5.90. The fraction of sp³-hybridized carbons (Fsp3) is 0.867. The Morgan fingerprint density at radius 3 is 2.10 bits per heavy atom. The number of rotatable bonds is 10. The molecule has 0 spiro atoms. The topological polar surface area (TPSA) is 66.8 Å². The summed E-state index contributed by atoms with van der Waals surface area (Å²) >= 11 is 0. The van der Waals surface area contributed by atoms with Crippen LogP contribution in [0.5, 0.6) is 0 Å². The Balaban J connectivity index is 4.80. The van der Waals surface area contributed by atoms with Crippen molar-refractivity contribution in [2.75, 3.05) is 19.8 Å². The molecule has 1 N–H and O–H groups in total. The standard InChI is InChI=1S/C15H29NO4/c1-5-12(6-2)15(19)16(13(7-3)11-17)10-9-14(18)20-8-4/h12-13,17H,5-11H2,1-4H3. The van der Waals surface area contributed by atoms with Gasteiger partial charge in [-0.25, -0.2) is 0 Å². The fourth-order valence-electron chi connectivity index (χ4n) is 2.24. The first-order valence-corrected chi connectivity index (χ1v) is 7.62. The molecule has 0 aliphatic carbocycles. The molecule has 0 aromatic heterocycles. The number of ether oxygens (including phenoxy) is 1. The lowest BCUT2D eigenvalue weighted by Crippen LogP contribution is -2.46. The van der Waals surface area contributed by atoms with Crippen molar-refractivity contribution >= 4 is 11.9 Å². The first kappa shape index (κ1) is 18.9. The van der Waals surface area contributed by atoms with E-state index in [4.69, 9.17) is 4.74 Å². The Bertz CT molecular complexity index is 286. The van der Waals surface area contributed by atoms with Crippen LogP contribution in [0.1, 0.15) is 53.4 Å².